The molecule has 0 radical (unpaired) electrons. The van der Waals surface area contributed by atoms with Crippen LogP contribution in [0.3, 0.4) is 0 Å². The molecule has 0 aliphatic carbocycles. The minimum atomic E-state index is 0.0841. The molecule has 0 bridgehead atoms. The van der Waals surface area contributed by atoms with Crippen LogP contribution in [0.15, 0.2) is 79.3 Å². The molecule has 0 unspecified atom stereocenters. The van der Waals surface area contributed by atoms with Gasteiger partial charge in [0.05, 0.1) is 11.4 Å². The number of nitrogens with zero attached hydrogens (tertiary/aromatic N) is 5. The number of rotatable bonds is 4. The molecule has 1 amide bonds. The largest absolute Gasteiger partial charge is 0.384 e. The number of piperazine rings is 1. The zero-order valence-corrected chi connectivity index (χ0v) is 19.1. The molecule has 4 aromatic rings. The van der Waals surface area contributed by atoms with Gasteiger partial charge in [0, 0.05) is 61.5 Å². The van der Waals surface area contributed by atoms with Crippen molar-refractivity contribution >= 4 is 11.7 Å². The predicted octanol–water partition coefficient (Wildman–Crippen LogP) is 3.84. The second-order valence-electron chi connectivity index (χ2n) is 8.52. The number of pyridine rings is 3. The van der Waals surface area contributed by atoms with Crippen LogP contribution in [0.4, 0.5) is 5.82 Å². The van der Waals surface area contributed by atoms with Crippen molar-refractivity contribution in [1.29, 1.82) is 0 Å². The molecule has 1 fully saturated rings. The standard InChI is InChI=1S/C27H26N6O/c1-32-10-12-33(13-11-32)27(34)20-7-5-19(6-8-20)22-14-23(18-29-17-22)21-15-25(31-26(28)16-21)24-4-2-3-9-30-24/h2-9,14-18H,10-13H2,1H3,(H2,28,31). The first-order valence-corrected chi connectivity index (χ1v) is 11.3. The average molecular weight is 451 g/mol. The first-order chi connectivity index (χ1) is 16.6. The van der Waals surface area contributed by atoms with E-state index in [4.69, 9.17) is 5.73 Å². The van der Waals surface area contributed by atoms with Crippen LogP contribution in [0.1, 0.15) is 10.4 Å². The van der Waals surface area contributed by atoms with Gasteiger partial charge in [0.2, 0.25) is 0 Å². The maximum atomic E-state index is 12.8. The first kappa shape index (κ1) is 21.7. The molecule has 34 heavy (non-hydrogen) atoms. The van der Waals surface area contributed by atoms with Gasteiger partial charge >= 0.3 is 0 Å². The Bertz CT molecular complexity index is 1300. The van der Waals surface area contributed by atoms with Crippen LogP contribution in [0, 0.1) is 0 Å². The van der Waals surface area contributed by atoms with Crippen LogP contribution in [-0.4, -0.2) is 63.9 Å². The van der Waals surface area contributed by atoms with E-state index >= 15 is 0 Å². The molecule has 0 spiro atoms. The Morgan fingerprint density at radius 1 is 0.824 bits per heavy atom. The summed E-state index contributed by atoms with van der Waals surface area (Å²) in [5, 5.41) is 0. The van der Waals surface area contributed by atoms with Crippen molar-refractivity contribution in [2.24, 2.45) is 0 Å². The number of benzene rings is 1. The maximum absolute atomic E-state index is 12.8. The van der Waals surface area contributed by atoms with Gasteiger partial charge in [-0.05, 0) is 60.6 Å². The molecule has 3 aromatic heterocycles. The third-order valence-electron chi connectivity index (χ3n) is 6.10. The molecule has 7 heteroatoms. The van der Waals surface area contributed by atoms with Crippen LogP contribution in [0.25, 0.3) is 33.6 Å². The lowest BCUT2D eigenvalue weighted by atomic mass is 10.0. The smallest absolute Gasteiger partial charge is 0.253 e. The molecule has 1 saturated heterocycles. The topological polar surface area (TPSA) is 88.2 Å². The number of likely N-dealkylation sites (N-methyl/N-ethyl adjacent to an activating group) is 1. The summed E-state index contributed by atoms with van der Waals surface area (Å²) in [6.07, 6.45) is 5.37. The number of amides is 1. The number of hydrogen-bond donors (Lipinski definition) is 1. The SMILES string of the molecule is CN1CCN(C(=O)c2ccc(-c3cncc(-c4cc(N)nc(-c5ccccn5)c4)c3)cc2)CC1. The zero-order valence-electron chi connectivity index (χ0n) is 19.1. The Morgan fingerprint density at radius 3 is 2.26 bits per heavy atom. The van der Waals surface area contributed by atoms with Crippen LogP contribution in [0.5, 0.6) is 0 Å². The van der Waals surface area contributed by atoms with Gasteiger partial charge in [0.15, 0.2) is 0 Å². The lowest BCUT2D eigenvalue weighted by Gasteiger charge is -2.32. The Kier molecular flexibility index (Phi) is 6.01. The van der Waals surface area contributed by atoms with Crippen LogP contribution >= 0.6 is 0 Å². The van der Waals surface area contributed by atoms with E-state index in [1.54, 1.807) is 6.20 Å². The van der Waals surface area contributed by atoms with E-state index in [2.05, 4.69) is 33.0 Å². The Morgan fingerprint density at radius 2 is 1.56 bits per heavy atom. The van der Waals surface area contributed by atoms with E-state index < -0.39 is 0 Å². The predicted molar refractivity (Wildman–Crippen MR) is 134 cm³/mol. The zero-order chi connectivity index (χ0) is 23.5. The fourth-order valence-corrected chi connectivity index (χ4v) is 4.12. The Hall–Kier alpha value is -4.10. The second kappa shape index (κ2) is 9.41. The van der Waals surface area contributed by atoms with Gasteiger partial charge in [-0.25, -0.2) is 4.98 Å². The summed E-state index contributed by atoms with van der Waals surface area (Å²) in [6, 6.07) is 19.3. The van der Waals surface area contributed by atoms with E-state index in [-0.39, 0.29) is 5.91 Å². The summed E-state index contributed by atoms with van der Waals surface area (Å²) >= 11 is 0. The van der Waals surface area contributed by atoms with Crippen molar-refractivity contribution < 1.29 is 4.79 Å². The molecule has 170 valence electrons. The van der Waals surface area contributed by atoms with E-state index in [1.165, 1.54) is 0 Å². The van der Waals surface area contributed by atoms with E-state index in [0.29, 0.717) is 17.1 Å². The number of aromatic nitrogens is 3. The molecule has 4 heterocycles. The summed E-state index contributed by atoms with van der Waals surface area (Å²) in [6.45, 7) is 3.34. The average Bonchev–Trinajstić information content (AvgIpc) is 2.89. The van der Waals surface area contributed by atoms with Crippen molar-refractivity contribution in [1.82, 2.24) is 24.8 Å². The fraction of sp³-hybridized carbons (Fsp3) is 0.185. The van der Waals surface area contributed by atoms with Gasteiger partial charge in [-0.15, -0.1) is 0 Å². The Balaban J connectivity index is 1.40. The minimum Gasteiger partial charge on any atom is -0.384 e. The highest BCUT2D eigenvalue weighted by Gasteiger charge is 2.20. The normalized spacial score (nSPS) is 14.2. The highest BCUT2D eigenvalue weighted by molar-refractivity contribution is 5.94. The third-order valence-corrected chi connectivity index (χ3v) is 6.10. The second-order valence-corrected chi connectivity index (χ2v) is 8.52. The molecule has 0 saturated carbocycles. The van der Waals surface area contributed by atoms with Gasteiger partial charge in [0.25, 0.3) is 5.91 Å². The quantitative estimate of drug-likeness (QED) is 0.508. The molecule has 1 aliphatic rings. The van der Waals surface area contributed by atoms with Crippen LogP contribution in [0.2, 0.25) is 0 Å². The number of anilines is 1. The number of nitrogen functional groups attached to an aromatic ring is 1. The monoisotopic (exact) mass is 450 g/mol. The highest BCUT2D eigenvalue weighted by atomic mass is 16.2. The minimum absolute atomic E-state index is 0.0841. The molecular weight excluding hydrogens is 424 g/mol. The van der Waals surface area contributed by atoms with E-state index in [0.717, 1.165) is 54.1 Å². The number of carbonyl (C=O) groups excluding carboxylic acids is 1. The number of carbonyl (C=O) groups is 1. The number of nitrogens with two attached hydrogens (primary N) is 1. The van der Waals surface area contributed by atoms with Gasteiger partial charge < -0.3 is 15.5 Å². The van der Waals surface area contributed by atoms with Crippen molar-refractivity contribution in [2.45, 2.75) is 0 Å². The van der Waals surface area contributed by atoms with E-state index in [9.17, 15) is 4.79 Å². The summed E-state index contributed by atoms with van der Waals surface area (Å²) in [4.78, 5) is 30.3. The maximum Gasteiger partial charge on any atom is 0.253 e. The summed E-state index contributed by atoms with van der Waals surface area (Å²) in [5.74, 6) is 0.510. The van der Waals surface area contributed by atoms with Gasteiger partial charge in [-0.1, -0.05) is 18.2 Å². The third kappa shape index (κ3) is 4.65. The Labute approximate surface area is 198 Å². The lowest BCUT2D eigenvalue weighted by molar-refractivity contribution is 0.0664. The fourth-order valence-electron chi connectivity index (χ4n) is 4.12. The molecule has 0 atom stereocenters. The molecule has 1 aromatic carbocycles. The van der Waals surface area contributed by atoms with Gasteiger partial charge in [-0.2, -0.15) is 0 Å². The molecule has 7 nitrogen and oxygen atoms in total. The molecule has 2 N–H and O–H groups in total. The molecule has 1 aliphatic heterocycles. The molecular formula is C27H26N6O. The van der Waals surface area contributed by atoms with Gasteiger partial charge in [-0.3, -0.25) is 14.8 Å². The van der Waals surface area contributed by atoms with Crippen molar-refractivity contribution in [2.75, 3.05) is 39.0 Å². The van der Waals surface area contributed by atoms with Crippen molar-refractivity contribution in [3.63, 3.8) is 0 Å². The number of hydrogen-bond acceptors (Lipinski definition) is 6. The highest BCUT2D eigenvalue weighted by Crippen LogP contribution is 2.29. The summed E-state index contributed by atoms with van der Waals surface area (Å²) in [7, 11) is 2.08. The molecule has 5 rings (SSSR count). The first-order valence-electron chi connectivity index (χ1n) is 11.3. The lowest BCUT2D eigenvalue weighted by Crippen LogP contribution is -2.47. The van der Waals surface area contributed by atoms with E-state index in [1.807, 2.05) is 71.9 Å². The summed E-state index contributed by atoms with van der Waals surface area (Å²) < 4.78 is 0. The van der Waals surface area contributed by atoms with Crippen LogP contribution < -0.4 is 5.73 Å². The van der Waals surface area contributed by atoms with Crippen molar-refractivity contribution in [3.05, 3.63) is 84.8 Å². The van der Waals surface area contributed by atoms with Gasteiger partial charge in [0.1, 0.15) is 5.82 Å². The van der Waals surface area contributed by atoms with Crippen LogP contribution in [-0.2, 0) is 0 Å². The van der Waals surface area contributed by atoms with Crippen molar-refractivity contribution in [3.8, 4) is 33.6 Å². The summed E-state index contributed by atoms with van der Waals surface area (Å²) in [5.41, 5.74) is 12.1.